The topological polar surface area (TPSA) is 76.4 Å². The van der Waals surface area contributed by atoms with E-state index in [0.717, 1.165) is 11.6 Å². The number of aryl methyl sites for hydroxylation is 1. The Balaban J connectivity index is 0.00000529. The zero-order valence-electron chi connectivity index (χ0n) is 15.6. The van der Waals surface area contributed by atoms with Crippen LogP contribution in [-0.4, -0.2) is 47.0 Å². The van der Waals surface area contributed by atoms with Gasteiger partial charge in [-0.05, 0) is 12.3 Å². The quantitative estimate of drug-likeness (QED) is 0.288. The van der Waals surface area contributed by atoms with Crippen molar-refractivity contribution in [2.75, 3.05) is 20.2 Å². The molecule has 0 aromatic carbocycles. The Morgan fingerprint density at radius 1 is 1.38 bits per heavy atom. The molecule has 24 heavy (non-hydrogen) atoms. The van der Waals surface area contributed by atoms with Gasteiger partial charge >= 0.3 is 0 Å². The van der Waals surface area contributed by atoms with Crippen molar-refractivity contribution in [3.63, 3.8) is 0 Å². The molecule has 1 aromatic rings. The van der Waals surface area contributed by atoms with Crippen LogP contribution in [0.25, 0.3) is 0 Å². The van der Waals surface area contributed by atoms with Crippen LogP contribution in [0.15, 0.2) is 17.6 Å². The summed E-state index contributed by atoms with van der Waals surface area (Å²) >= 11 is 0. The number of nitrogens with one attached hydrogen (secondary N) is 2. The zero-order chi connectivity index (χ0) is 17.5. The van der Waals surface area contributed by atoms with Gasteiger partial charge < -0.3 is 19.9 Å². The van der Waals surface area contributed by atoms with Crippen molar-refractivity contribution in [3.05, 3.63) is 24.3 Å². The first kappa shape index (κ1) is 22.8. The van der Waals surface area contributed by atoms with Gasteiger partial charge in [0.05, 0.1) is 6.10 Å². The van der Waals surface area contributed by atoms with Crippen molar-refractivity contribution < 1.29 is 4.74 Å². The Labute approximate surface area is 162 Å². The van der Waals surface area contributed by atoms with E-state index in [1.807, 2.05) is 18.5 Å². The number of aromatic nitrogens is 3. The standard InChI is InChI=1S/C16H30N6O.HI/c1-8-9-17-15(18-10-13(23-7)16(3,4)5)19-11-14-21-20-12(2)22(14)6;/h8,13H,1,9-11H2,2-7H3,(H2,17,18,19);1H. The molecule has 1 unspecified atom stereocenters. The van der Waals surface area contributed by atoms with Crippen LogP contribution in [0.2, 0.25) is 0 Å². The molecule has 0 spiro atoms. The molecule has 2 N–H and O–H groups in total. The van der Waals surface area contributed by atoms with Gasteiger partial charge in [0.1, 0.15) is 12.4 Å². The fourth-order valence-electron chi connectivity index (χ4n) is 2.01. The second-order valence-electron chi connectivity index (χ2n) is 6.53. The third-order valence-corrected chi connectivity index (χ3v) is 3.68. The molecule has 138 valence electrons. The molecule has 0 aliphatic carbocycles. The maximum atomic E-state index is 5.56. The van der Waals surface area contributed by atoms with E-state index in [9.17, 15) is 0 Å². The van der Waals surface area contributed by atoms with E-state index in [4.69, 9.17) is 4.74 Å². The SMILES string of the molecule is C=CCNC(=NCc1nnc(C)n1C)NCC(OC)C(C)(C)C.I. The number of hydrogen-bond acceptors (Lipinski definition) is 4. The first-order chi connectivity index (χ1) is 10.8. The molecule has 0 aliphatic heterocycles. The molecule has 7 nitrogen and oxygen atoms in total. The van der Waals surface area contributed by atoms with Crippen LogP contribution in [0, 0.1) is 12.3 Å². The lowest BCUT2D eigenvalue weighted by molar-refractivity contribution is 0.0205. The summed E-state index contributed by atoms with van der Waals surface area (Å²) in [5, 5.41) is 14.7. The highest BCUT2D eigenvalue weighted by Crippen LogP contribution is 2.20. The summed E-state index contributed by atoms with van der Waals surface area (Å²) in [6, 6.07) is 0. The van der Waals surface area contributed by atoms with Crippen molar-refractivity contribution in [1.82, 2.24) is 25.4 Å². The highest BCUT2D eigenvalue weighted by Gasteiger charge is 2.24. The average Bonchev–Trinajstić information content (AvgIpc) is 2.80. The van der Waals surface area contributed by atoms with Gasteiger partial charge in [0.2, 0.25) is 0 Å². The van der Waals surface area contributed by atoms with Crippen LogP contribution < -0.4 is 10.6 Å². The van der Waals surface area contributed by atoms with E-state index in [-0.39, 0.29) is 35.5 Å². The lowest BCUT2D eigenvalue weighted by Gasteiger charge is -2.30. The normalized spacial score (nSPS) is 13.2. The Bertz CT molecular complexity index is 535. The molecule has 0 amide bonds. The number of ether oxygens (including phenoxy) is 1. The van der Waals surface area contributed by atoms with Crippen LogP contribution >= 0.6 is 24.0 Å². The third kappa shape index (κ3) is 7.16. The number of rotatable bonds is 7. The Morgan fingerprint density at radius 3 is 2.50 bits per heavy atom. The first-order valence-corrected chi connectivity index (χ1v) is 7.80. The maximum Gasteiger partial charge on any atom is 0.192 e. The lowest BCUT2D eigenvalue weighted by Crippen LogP contribution is -2.45. The number of methoxy groups -OCH3 is 1. The van der Waals surface area contributed by atoms with Crippen LogP contribution in [-0.2, 0) is 18.3 Å². The highest BCUT2D eigenvalue weighted by atomic mass is 127. The molecular weight excluding hydrogens is 419 g/mol. The Hall–Kier alpha value is -1.16. The van der Waals surface area contributed by atoms with Crippen LogP contribution in [0.5, 0.6) is 0 Å². The summed E-state index contributed by atoms with van der Waals surface area (Å²) in [6.45, 7) is 13.9. The predicted molar refractivity (Wildman–Crippen MR) is 109 cm³/mol. The molecular formula is C16H31IN6O. The summed E-state index contributed by atoms with van der Waals surface area (Å²) in [5.41, 5.74) is 0.0476. The van der Waals surface area contributed by atoms with Crippen molar-refractivity contribution in [3.8, 4) is 0 Å². The van der Waals surface area contributed by atoms with Gasteiger partial charge in [-0.2, -0.15) is 0 Å². The zero-order valence-corrected chi connectivity index (χ0v) is 17.9. The van der Waals surface area contributed by atoms with Crippen molar-refractivity contribution in [1.29, 1.82) is 0 Å². The minimum atomic E-state index is 0. The molecule has 0 fully saturated rings. The second kappa shape index (κ2) is 10.7. The molecule has 0 saturated heterocycles. The van der Waals surface area contributed by atoms with E-state index in [1.54, 1.807) is 13.2 Å². The number of halogens is 1. The van der Waals surface area contributed by atoms with E-state index >= 15 is 0 Å². The number of guanidine groups is 1. The second-order valence-corrected chi connectivity index (χ2v) is 6.53. The number of aliphatic imine (C=N–C) groups is 1. The summed E-state index contributed by atoms with van der Waals surface area (Å²) in [5.74, 6) is 2.40. The van der Waals surface area contributed by atoms with Gasteiger partial charge in [0, 0.05) is 27.2 Å². The fourth-order valence-corrected chi connectivity index (χ4v) is 2.01. The van der Waals surface area contributed by atoms with Gasteiger partial charge in [-0.3, -0.25) is 0 Å². The Morgan fingerprint density at radius 2 is 2.04 bits per heavy atom. The first-order valence-electron chi connectivity index (χ1n) is 7.80. The van der Waals surface area contributed by atoms with Crippen molar-refractivity contribution in [2.24, 2.45) is 17.5 Å². The minimum Gasteiger partial charge on any atom is -0.379 e. The van der Waals surface area contributed by atoms with Crippen molar-refractivity contribution >= 4 is 29.9 Å². The van der Waals surface area contributed by atoms with Gasteiger partial charge in [0.15, 0.2) is 11.8 Å². The van der Waals surface area contributed by atoms with Crippen LogP contribution in [0.4, 0.5) is 0 Å². The average molecular weight is 450 g/mol. The van der Waals surface area contributed by atoms with E-state index in [1.165, 1.54) is 0 Å². The van der Waals surface area contributed by atoms with E-state index < -0.39 is 0 Å². The van der Waals surface area contributed by atoms with E-state index in [0.29, 0.717) is 25.6 Å². The number of nitrogens with zero attached hydrogens (tertiary/aromatic N) is 4. The Kier molecular flexibility index (Phi) is 10.1. The molecule has 1 aromatic heterocycles. The molecule has 8 heteroatoms. The molecule has 1 rings (SSSR count). The predicted octanol–water partition coefficient (Wildman–Crippen LogP) is 2.02. The van der Waals surface area contributed by atoms with Gasteiger partial charge in [-0.15, -0.1) is 40.8 Å². The molecule has 1 heterocycles. The minimum absolute atomic E-state index is 0. The molecule has 0 bridgehead atoms. The summed E-state index contributed by atoms with van der Waals surface area (Å²) in [4.78, 5) is 4.56. The molecule has 0 saturated carbocycles. The van der Waals surface area contributed by atoms with Gasteiger partial charge in [-0.25, -0.2) is 4.99 Å². The summed E-state index contributed by atoms with van der Waals surface area (Å²) in [7, 11) is 3.67. The molecule has 0 radical (unpaired) electrons. The lowest BCUT2D eigenvalue weighted by atomic mass is 9.89. The number of hydrogen-bond donors (Lipinski definition) is 2. The van der Waals surface area contributed by atoms with Crippen LogP contribution in [0.3, 0.4) is 0 Å². The highest BCUT2D eigenvalue weighted by molar-refractivity contribution is 14.0. The molecule has 1 atom stereocenters. The molecule has 0 aliphatic rings. The van der Waals surface area contributed by atoms with Crippen LogP contribution in [0.1, 0.15) is 32.4 Å². The largest absolute Gasteiger partial charge is 0.379 e. The third-order valence-electron chi connectivity index (χ3n) is 3.68. The van der Waals surface area contributed by atoms with E-state index in [2.05, 4.69) is 53.2 Å². The summed E-state index contributed by atoms with van der Waals surface area (Å²) in [6.07, 6.45) is 1.87. The monoisotopic (exact) mass is 450 g/mol. The smallest absolute Gasteiger partial charge is 0.192 e. The fraction of sp³-hybridized carbons (Fsp3) is 0.688. The summed E-state index contributed by atoms with van der Waals surface area (Å²) < 4.78 is 7.50. The van der Waals surface area contributed by atoms with Gasteiger partial charge in [0.25, 0.3) is 0 Å². The van der Waals surface area contributed by atoms with Gasteiger partial charge in [-0.1, -0.05) is 26.8 Å². The maximum absolute atomic E-state index is 5.56. The van der Waals surface area contributed by atoms with Crippen molar-refractivity contribution in [2.45, 2.75) is 40.3 Å².